The Morgan fingerprint density at radius 2 is 2.33 bits per heavy atom. The highest BCUT2D eigenvalue weighted by molar-refractivity contribution is 5.79. The van der Waals surface area contributed by atoms with Crippen molar-refractivity contribution in [3.63, 3.8) is 0 Å². The molecule has 1 aliphatic heterocycles. The van der Waals surface area contributed by atoms with Crippen LogP contribution >= 0.6 is 0 Å². The predicted octanol–water partition coefficient (Wildman–Crippen LogP) is 0.736. The summed E-state index contributed by atoms with van der Waals surface area (Å²) < 4.78 is 0. The lowest BCUT2D eigenvalue weighted by molar-refractivity contribution is -0.124. The Kier molecular flexibility index (Phi) is 3.53. The zero-order valence-electron chi connectivity index (χ0n) is 7.75. The molecule has 2 N–H and O–H groups in total. The van der Waals surface area contributed by atoms with E-state index in [9.17, 15) is 4.79 Å². The predicted molar refractivity (Wildman–Crippen MR) is 48.7 cm³/mol. The van der Waals surface area contributed by atoms with Crippen LogP contribution in [-0.4, -0.2) is 29.9 Å². The summed E-state index contributed by atoms with van der Waals surface area (Å²) in [5.41, 5.74) is 5.31. The number of carbonyl (C=O) groups excluding carboxylic acids is 1. The van der Waals surface area contributed by atoms with Gasteiger partial charge in [-0.3, -0.25) is 9.69 Å². The summed E-state index contributed by atoms with van der Waals surface area (Å²) in [5, 5.41) is 0. The fourth-order valence-electron chi connectivity index (χ4n) is 1.87. The summed E-state index contributed by atoms with van der Waals surface area (Å²) in [4.78, 5) is 13.2. The number of nitrogens with two attached hydrogens (primary N) is 1. The van der Waals surface area contributed by atoms with Crippen LogP contribution in [0.15, 0.2) is 0 Å². The third-order valence-electron chi connectivity index (χ3n) is 2.45. The molecule has 1 fully saturated rings. The van der Waals surface area contributed by atoms with E-state index in [1.54, 1.807) is 0 Å². The maximum absolute atomic E-state index is 11.0. The van der Waals surface area contributed by atoms with Gasteiger partial charge in [0.15, 0.2) is 0 Å². The second-order valence-electron chi connectivity index (χ2n) is 3.45. The molecule has 0 aromatic rings. The van der Waals surface area contributed by atoms with Crippen molar-refractivity contribution in [3.05, 3.63) is 0 Å². The van der Waals surface area contributed by atoms with Gasteiger partial charge in [0.05, 0.1) is 6.04 Å². The van der Waals surface area contributed by atoms with Crippen LogP contribution in [0.5, 0.6) is 0 Å². The first-order valence-electron chi connectivity index (χ1n) is 4.79. The van der Waals surface area contributed by atoms with Crippen LogP contribution < -0.4 is 5.73 Å². The zero-order valence-corrected chi connectivity index (χ0v) is 7.75. The maximum Gasteiger partial charge on any atom is 0.234 e. The highest BCUT2D eigenvalue weighted by atomic mass is 16.1. The van der Waals surface area contributed by atoms with Crippen LogP contribution in [0.4, 0.5) is 0 Å². The van der Waals surface area contributed by atoms with Crippen molar-refractivity contribution in [2.24, 2.45) is 5.73 Å². The van der Waals surface area contributed by atoms with Gasteiger partial charge in [0.25, 0.3) is 0 Å². The molecule has 1 aliphatic rings. The first-order chi connectivity index (χ1) is 5.75. The van der Waals surface area contributed by atoms with E-state index in [1.165, 1.54) is 6.42 Å². The van der Waals surface area contributed by atoms with Gasteiger partial charge >= 0.3 is 0 Å². The average Bonchev–Trinajstić information content (AvgIpc) is 2.05. The molecular formula is C9H18N2O. The first-order valence-corrected chi connectivity index (χ1v) is 4.79. The molecule has 0 aromatic heterocycles. The fourth-order valence-corrected chi connectivity index (χ4v) is 1.87. The number of hydrogen-bond donors (Lipinski definition) is 1. The highest BCUT2D eigenvalue weighted by Gasteiger charge is 2.25. The SMILES string of the molecule is CCCN1CCCCC1C(N)=O. The Morgan fingerprint density at radius 3 is 2.92 bits per heavy atom. The van der Waals surface area contributed by atoms with Gasteiger partial charge in [0, 0.05) is 0 Å². The molecular weight excluding hydrogens is 152 g/mol. The summed E-state index contributed by atoms with van der Waals surface area (Å²) in [6.45, 7) is 4.18. The Bertz CT molecular complexity index is 157. The molecule has 0 aromatic carbocycles. The van der Waals surface area contributed by atoms with Gasteiger partial charge in [-0.25, -0.2) is 0 Å². The minimum Gasteiger partial charge on any atom is -0.368 e. The average molecular weight is 170 g/mol. The van der Waals surface area contributed by atoms with Crippen LogP contribution in [0.1, 0.15) is 32.6 Å². The lowest BCUT2D eigenvalue weighted by Crippen LogP contribution is -2.47. The normalized spacial score (nSPS) is 25.6. The number of primary amides is 1. The zero-order chi connectivity index (χ0) is 8.97. The third kappa shape index (κ3) is 2.21. The summed E-state index contributed by atoms with van der Waals surface area (Å²) in [6, 6.07) is 0.0127. The first kappa shape index (κ1) is 9.52. The summed E-state index contributed by atoms with van der Waals surface area (Å²) in [6.07, 6.45) is 4.41. The van der Waals surface area contributed by atoms with Gasteiger partial charge in [0.2, 0.25) is 5.91 Å². The smallest absolute Gasteiger partial charge is 0.234 e. The number of amides is 1. The highest BCUT2D eigenvalue weighted by Crippen LogP contribution is 2.16. The van der Waals surface area contributed by atoms with Crippen LogP contribution in [-0.2, 0) is 4.79 Å². The Labute approximate surface area is 73.9 Å². The van der Waals surface area contributed by atoms with Gasteiger partial charge < -0.3 is 5.73 Å². The molecule has 0 spiro atoms. The van der Waals surface area contributed by atoms with E-state index < -0.39 is 0 Å². The van der Waals surface area contributed by atoms with Crippen LogP contribution in [0.3, 0.4) is 0 Å². The molecule has 70 valence electrons. The van der Waals surface area contributed by atoms with Crippen molar-refractivity contribution in [2.75, 3.05) is 13.1 Å². The second-order valence-corrected chi connectivity index (χ2v) is 3.45. The quantitative estimate of drug-likeness (QED) is 0.679. The van der Waals surface area contributed by atoms with E-state index in [4.69, 9.17) is 5.73 Å². The molecule has 3 heteroatoms. The lowest BCUT2D eigenvalue weighted by Gasteiger charge is -2.33. The number of nitrogens with zero attached hydrogens (tertiary/aromatic N) is 1. The molecule has 0 aliphatic carbocycles. The minimum absolute atomic E-state index is 0.0127. The Hall–Kier alpha value is -0.570. The van der Waals surface area contributed by atoms with Crippen molar-refractivity contribution in [1.29, 1.82) is 0 Å². The number of carbonyl (C=O) groups is 1. The van der Waals surface area contributed by atoms with Crippen molar-refractivity contribution in [1.82, 2.24) is 4.90 Å². The largest absolute Gasteiger partial charge is 0.368 e. The Balaban J connectivity index is 2.48. The molecule has 12 heavy (non-hydrogen) atoms. The second kappa shape index (κ2) is 4.45. The van der Waals surface area contributed by atoms with Crippen LogP contribution in [0.2, 0.25) is 0 Å². The molecule has 3 nitrogen and oxygen atoms in total. The lowest BCUT2D eigenvalue weighted by atomic mass is 10.0. The van der Waals surface area contributed by atoms with Crippen molar-refractivity contribution in [2.45, 2.75) is 38.6 Å². The number of rotatable bonds is 3. The monoisotopic (exact) mass is 170 g/mol. The maximum atomic E-state index is 11.0. The van der Waals surface area contributed by atoms with Crippen molar-refractivity contribution in [3.8, 4) is 0 Å². The number of likely N-dealkylation sites (tertiary alicyclic amines) is 1. The molecule has 1 atom stereocenters. The summed E-state index contributed by atoms with van der Waals surface area (Å²) in [5.74, 6) is -0.150. The van der Waals surface area contributed by atoms with Crippen molar-refractivity contribution >= 4 is 5.91 Å². The van der Waals surface area contributed by atoms with E-state index in [2.05, 4.69) is 11.8 Å². The number of hydrogen-bond acceptors (Lipinski definition) is 2. The molecule has 1 rings (SSSR count). The van der Waals surface area contributed by atoms with E-state index in [0.29, 0.717) is 0 Å². The van der Waals surface area contributed by atoms with E-state index in [0.717, 1.165) is 32.4 Å². The molecule has 0 saturated carbocycles. The van der Waals surface area contributed by atoms with Gasteiger partial charge in [0.1, 0.15) is 0 Å². The van der Waals surface area contributed by atoms with E-state index in [-0.39, 0.29) is 11.9 Å². The molecule has 1 unspecified atom stereocenters. The van der Waals surface area contributed by atoms with Gasteiger partial charge in [-0.2, -0.15) is 0 Å². The van der Waals surface area contributed by atoms with E-state index >= 15 is 0 Å². The van der Waals surface area contributed by atoms with Crippen LogP contribution in [0.25, 0.3) is 0 Å². The van der Waals surface area contributed by atoms with E-state index in [1.807, 2.05) is 0 Å². The van der Waals surface area contributed by atoms with Gasteiger partial charge in [-0.1, -0.05) is 13.3 Å². The molecule has 0 radical (unpaired) electrons. The topological polar surface area (TPSA) is 46.3 Å². The minimum atomic E-state index is -0.150. The summed E-state index contributed by atoms with van der Waals surface area (Å²) >= 11 is 0. The standard InChI is InChI=1S/C9H18N2O/c1-2-6-11-7-4-3-5-8(11)9(10)12/h8H,2-7H2,1H3,(H2,10,12). The van der Waals surface area contributed by atoms with Crippen molar-refractivity contribution < 1.29 is 4.79 Å². The van der Waals surface area contributed by atoms with Gasteiger partial charge in [-0.05, 0) is 32.4 Å². The summed E-state index contributed by atoms with van der Waals surface area (Å²) in [7, 11) is 0. The third-order valence-corrected chi connectivity index (χ3v) is 2.45. The Morgan fingerprint density at radius 1 is 1.58 bits per heavy atom. The molecule has 1 amide bonds. The van der Waals surface area contributed by atoms with Gasteiger partial charge in [-0.15, -0.1) is 0 Å². The molecule has 1 saturated heterocycles. The van der Waals surface area contributed by atoms with Crippen LogP contribution in [0, 0.1) is 0 Å². The fraction of sp³-hybridized carbons (Fsp3) is 0.889. The molecule has 1 heterocycles. The molecule has 0 bridgehead atoms. The number of piperidine rings is 1.